The van der Waals surface area contributed by atoms with Gasteiger partial charge in [-0.1, -0.05) is 12.1 Å². The molecule has 0 spiro atoms. The molecule has 2 N–H and O–H groups in total. The first-order chi connectivity index (χ1) is 12.9. The first-order valence-electron chi connectivity index (χ1n) is 8.54. The molecule has 2 atom stereocenters. The van der Waals surface area contributed by atoms with Crippen LogP contribution >= 0.6 is 0 Å². The summed E-state index contributed by atoms with van der Waals surface area (Å²) in [4.78, 5) is 27.2. The number of nitrogens with zero attached hydrogens (tertiary/aromatic N) is 3. The summed E-state index contributed by atoms with van der Waals surface area (Å²) in [5.41, 5.74) is 2.74. The van der Waals surface area contributed by atoms with Crippen molar-refractivity contribution in [2.45, 2.75) is 32.6 Å². The summed E-state index contributed by atoms with van der Waals surface area (Å²) in [5.74, 6) is -2.28. The number of carbonyl (C=O) groups excluding carboxylic acids is 1. The molecular formula is C20H20N4O3. The number of hydrogen-bond acceptors (Lipinski definition) is 5. The van der Waals surface area contributed by atoms with Gasteiger partial charge in [-0.05, 0) is 38.0 Å². The first kappa shape index (κ1) is 19.9. The maximum absolute atomic E-state index is 12.3. The maximum atomic E-state index is 12.3. The van der Waals surface area contributed by atoms with Crippen molar-refractivity contribution in [1.29, 1.82) is 10.5 Å². The minimum Gasteiger partial charge on any atom is -0.481 e. The number of carboxylic acid groups (broad SMARTS) is 1. The molecule has 7 nitrogen and oxygen atoms in total. The summed E-state index contributed by atoms with van der Waals surface area (Å²) in [6, 6.07) is 11.2. The number of nitriles is 2. The lowest BCUT2D eigenvalue weighted by Crippen LogP contribution is -2.27. The number of aliphatic carboxylic acids is 1. The molecule has 1 aromatic carbocycles. The van der Waals surface area contributed by atoms with Crippen LogP contribution in [0.1, 0.15) is 48.5 Å². The van der Waals surface area contributed by atoms with Crippen LogP contribution in [0, 0.1) is 28.6 Å². The van der Waals surface area contributed by atoms with Crippen molar-refractivity contribution in [2.75, 3.05) is 6.54 Å². The number of nitrogens with one attached hydrogen (secondary N) is 1. The topological polar surface area (TPSA) is 126 Å². The highest BCUT2D eigenvalue weighted by Crippen LogP contribution is 2.38. The number of allylic oxidation sites excluding steroid dienone is 2. The lowest BCUT2D eigenvalue weighted by Gasteiger charge is -2.27. The van der Waals surface area contributed by atoms with E-state index in [1.165, 1.54) is 0 Å². The highest BCUT2D eigenvalue weighted by Gasteiger charge is 2.34. The molecule has 0 bridgehead atoms. The van der Waals surface area contributed by atoms with E-state index in [0.717, 1.165) is 0 Å². The highest BCUT2D eigenvalue weighted by atomic mass is 16.4. The van der Waals surface area contributed by atoms with Gasteiger partial charge in [0.15, 0.2) is 0 Å². The quantitative estimate of drug-likeness (QED) is 0.751. The SMILES string of the molecule is CC1=NC(C)=C(C#N)C(c2cccc(C(=O)NCCCC(=O)O)c2)C1C#N. The molecule has 1 aliphatic rings. The van der Waals surface area contributed by atoms with Crippen molar-refractivity contribution < 1.29 is 14.7 Å². The van der Waals surface area contributed by atoms with E-state index in [-0.39, 0.29) is 18.9 Å². The summed E-state index contributed by atoms with van der Waals surface area (Å²) in [6.07, 6.45) is 0.330. The minimum atomic E-state index is -0.908. The molecule has 0 saturated carbocycles. The van der Waals surface area contributed by atoms with Gasteiger partial charge in [0, 0.05) is 30.2 Å². The van der Waals surface area contributed by atoms with Gasteiger partial charge in [-0.25, -0.2) is 0 Å². The molecule has 138 valence electrons. The van der Waals surface area contributed by atoms with Gasteiger partial charge in [0.1, 0.15) is 0 Å². The largest absolute Gasteiger partial charge is 0.481 e. The van der Waals surface area contributed by atoms with E-state index < -0.39 is 17.8 Å². The summed E-state index contributed by atoms with van der Waals surface area (Å²) >= 11 is 0. The second-order valence-corrected chi connectivity index (χ2v) is 6.33. The molecule has 0 aromatic heterocycles. The second-order valence-electron chi connectivity index (χ2n) is 6.33. The van der Waals surface area contributed by atoms with Gasteiger partial charge in [-0.3, -0.25) is 14.6 Å². The standard InChI is InChI=1S/C20H20N4O3/c1-12-16(10-21)19(17(11-22)13(2)24-12)14-5-3-6-15(9-14)20(27)23-8-4-7-18(25)26/h3,5-6,9,16,19H,4,7-8H2,1-2H3,(H,23,27)(H,25,26). The third kappa shape index (κ3) is 4.59. The predicted molar refractivity (Wildman–Crippen MR) is 98.9 cm³/mol. The fraction of sp³-hybridized carbons (Fsp3) is 0.350. The Morgan fingerprint density at radius 3 is 2.67 bits per heavy atom. The number of amides is 1. The first-order valence-corrected chi connectivity index (χ1v) is 8.54. The van der Waals surface area contributed by atoms with Crippen molar-refractivity contribution in [3.8, 4) is 12.1 Å². The van der Waals surface area contributed by atoms with Gasteiger partial charge < -0.3 is 10.4 Å². The summed E-state index contributed by atoms with van der Waals surface area (Å²) in [5, 5.41) is 30.4. The molecular weight excluding hydrogens is 344 g/mol. The van der Waals surface area contributed by atoms with Gasteiger partial charge in [0.05, 0.1) is 29.3 Å². The van der Waals surface area contributed by atoms with Gasteiger partial charge in [0.25, 0.3) is 5.91 Å². The van der Waals surface area contributed by atoms with Crippen molar-refractivity contribution in [1.82, 2.24) is 5.32 Å². The Morgan fingerprint density at radius 1 is 1.30 bits per heavy atom. The maximum Gasteiger partial charge on any atom is 0.303 e. The molecule has 1 aliphatic heterocycles. The molecule has 27 heavy (non-hydrogen) atoms. The van der Waals surface area contributed by atoms with Crippen LogP contribution in [0.15, 0.2) is 40.5 Å². The van der Waals surface area contributed by atoms with Crippen LogP contribution < -0.4 is 5.32 Å². The van der Waals surface area contributed by atoms with Gasteiger partial charge in [-0.2, -0.15) is 10.5 Å². The number of rotatable bonds is 6. The Hall–Kier alpha value is -3.45. The van der Waals surface area contributed by atoms with Crippen molar-refractivity contribution in [2.24, 2.45) is 10.9 Å². The van der Waals surface area contributed by atoms with E-state index >= 15 is 0 Å². The minimum absolute atomic E-state index is 0.0134. The van der Waals surface area contributed by atoms with E-state index in [1.807, 2.05) is 0 Å². The van der Waals surface area contributed by atoms with Crippen LogP contribution in [0.2, 0.25) is 0 Å². The zero-order valence-electron chi connectivity index (χ0n) is 15.2. The molecule has 7 heteroatoms. The lowest BCUT2D eigenvalue weighted by molar-refractivity contribution is -0.137. The normalized spacial score (nSPS) is 18.9. The number of aliphatic imine (C=N–C) groups is 1. The van der Waals surface area contributed by atoms with E-state index in [2.05, 4.69) is 22.4 Å². The van der Waals surface area contributed by atoms with E-state index in [9.17, 15) is 20.1 Å². The second kappa shape index (κ2) is 8.77. The van der Waals surface area contributed by atoms with E-state index in [0.29, 0.717) is 34.5 Å². The van der Waals surface area contributed by atoms with Gasteiger partial charge in [-0.15, -0.1) is 0 Å². The third-order valence-corrected chi connectivity index (χ3v) is 4.45. The van der Waals surface area contributed by atoms with Gasteiger partial charge >= 0.3 is 5.97 Å². The molecule has 2 rings (SSSR count). The summed E-state index contributed by atoms with van der Waals surface area (Å²) < 4.78 is 0. The zero-order chi connectivity index (χ0) is 20.0. The summed E-state index contributed by atoms with van der Waals surface area (Å²) in [7, 11) is 0. The molecule has 0 aliphatic carbocycles. The van der Waals surface area contributed by atoms with Crippen molar-refractivity contribution in [3.05, 3.63) is 46.7 Å². The lowest BCUT2D eigenvalue weighted by atomic mass is 9.76. The Bertz CT molecular complexity index is 903. The number of carbonyl (C=O) groups is 2. The fourth-order valence-electron chi connectivity index (χ4n) is 3.12. The fourth-order valence-corrected chi connectivity index (χ4v) is 3.12. The molecule has 0 radical (unpaired) electrons. The van der Waals surface area contributed by atoms with Crippen LogP contribution in [0.3, 0.4) is 0 Å². The van der Waals surface area contributed by atoms with Crippen LogP contribution in [-0.4, -0.2) is 29.2 Å². The average molecular weight is 364 g/mol. The number of carboxylic acids is 1. The van der Waals surface area contributed by atoms with Crippen LogP contribution in [0.5, 0.6) is 0 Å². The molecule has 1 aromatic rings. The van der Waals surface area contributed by atoms with E-state index in [1.54, 1.807) is 38.1 Å². The summed E-state index contributed by atoms with van der Waals surface area (Å²) in [6.45, 7) is 3.76. The monoisotopic (exact) mass is 364 g/mol. The average Bonchev–Trinajstić information content (AvgIpc) is 2.64. The highest BCUT2D eigenvalue weighted by molar-refractivity contribution is 5.95. The van der Waals surface area contributed by atoms with Crippen molar-refractivity contribution >= 4 is 17.6 Å². The third-order valence-electron chi connectivity index (χ3n) is 4.45. The zero-order valence-corrected chi connectivity index (χ0v) is 15.2. The number of hydrogen-bond donors (Lipinski definition) is 2. The molecule has 1 amide bonds. The Kier molecular flexibility index (Phi) is 6.46. The van der Waals surface area contributed by atoms with E-state index in [4.69, 9.17) is 5.11 Å². The van der Waals surface area contributed by atoms with Crippen LogP contribution in [0.4, 0.5) is 0 Å². The molecule has 1 heterocycles. The number of benzene rings is 1. The molecule has 2 unspecified atom stereocenters. The Morgan fingerprint density at radius 2 is 2.04 bits per heavy atom. The van der Waals surface area contributed by atoms with Gasteiger partial charge in [0.2, 0.25) is 0 Å². The Labute approximate surface area is 157 Å². The van der Waals surface area contributed by atoms with Crippen LogP contribution in [-0.2, 0) is 4.79 Å². The van der Waals surface area contributed by atoms with Crippen LogP contribution in [0.25, 0.3) is 0 Å². The molecule has 0 saturated heterocycles. The predicted octanol–water partition coefficient (Wildman–Crippen LogP) is 2.78. The molecule has 0 fully saturated rings. The smallest absolute Gasteiger partial charge is 0.303 e. The Balaban J connectivity index is 2.27. The van der Waals surface area contributed by atoms with Crippen molar-refractivity contribution in [3.63, 3.8) is 0 Å².